The molecule has 1 aliphatic rings. The van der Waals surface area contributed by atoms with E-state index in [1.807, 2.05) is 4.57 Å². The molecule has 5 nitrogen and oxygen atoms in total. The summed E-state index contributed by atoms with van der Waals surface area (Å²) in [5, 5.41) is 3.28. The van der Waals surface area contributed by atoms with Crippen LogP contribution in [0.1, 0.15) is 18.9 Å². The first-order chi connectivity index (χ1) is 8.25. The molecule has 0 bridgehead atoms. The maximum absolute atomic E-state index is 13.7. The Morgan fingerprint density at radius 3 is 2.94 bits per heavy atom. The Morgan fingerprint density at radius 2 is 2.18 bits per heavy atom. The molecule has 1 fully saturated rings. The van der Waals surface area contributed by atoms with E-state index in [1.54, 1.807) is 0 Å². The van der Waals surface area contributed by atoms with Gasteiger partial charge in [0.05, 0.1) is 6.20 Å². The molecule has 0 saturated carbocycles. The van der Waals surface area contributed by atoms with Crippen LogP contribution >= 0.6 is 0 Å². The molecule has 0 atom stereocenters. The van der Waals surface area contributed by atoms with Crippen molar-refractivity contribution in [3.05, 3.63) is 18.2 Å². The molecule has 3 N–H and O–H groups in total. The summed E-state index contributed by atoms with van der Waals surface area (Å²) in [5.41, 5.74) is 6.46. The van der Waals surface area contributed by atoms with Crippen LogP contribution in [0.2, 0.25) is 0 Å². The maximum atomic E-state index is 13.7. The first kappa shape index (κ1) is 10.5. The summed E-state index contributed by atoms with van der Waals surface area (Å²) in [6, 6.07) is 0.277. The summed E-state index contributed by atoms with van der Waals surface area (Å²) in [5.74, 6) is -0.00295. The highest BCUT2D eigenvalue weighted by molar-refractivity contribution is 5.73. The fourth-order valence-electron chi connectivity index (χ4n) is 2.35. The predicted octanol–water partition coefficient (Wildman–Crippen LogP) is 1.08. The molecule has 2 aromatic rings. The van der Waals surface area contributed by atoms with Crippen LogP contribution in [0.3, 0.4) is 0 Å². The third-order valence-electron chi connectivity index (χ3n) is 3.20. The summed E-state index contributed by atoms with van der Waals surface area (Å²) >= 11 is 0. The minimum absolute atomic E-state index is 0.277. The molecule has 90 valence electrons. The van der Waals surface area contributed by atoms with Crippen molar-refractivity contribution in [1.29, 1.82) is 0 Å². The minimum atomic E-state index is -0.328. The lowest BCUT2D eigenvalue weighted by Gasteiger charge is -2.24. The highest BCUT2D eigenvalue weighted by atomic mass is 19.1. The van der Waals surface area contributed by atoms with Crippen molar-refractivity contribution in [2.24, 2.45) is 0 Å². The molecular weight excluding hydrogens is 221 g/mol. The zero-order chi connectivity index (χ0) is 11.8. The summed E-state index contributed by atoms with van der Waals surface area (Å²) in [6.07, 6.45) is 4.82. The van der Waals surface area contributed by atoms with Crippen molar-refractivity contribution in [2.75, 3.05) is 18.8 Å². The van der Waals surface area contributed by atoms with E-state index in [1.165, 1.54) is 12.4 Å². The number of fused-ring (bicyclic) bond motifs is 1. The number of halogens is 1. The number of hydrogen-bond donors (Lipinski definition) is 2. The van der Waals surface area contributed by atoms with Crippen molar-refractivity contribution in [3.8, 4) is 0 Å². The molecule has 0 aromatic carbocycles. The van der Waals surface area contributed by atoms with Gasteiger partial charge in [-0.3, -0.25) is 0 Å². The van der Waals surface area contributed by atoms with E-state index < -0.39 is 0 Å². The van der Waals surface area contributed by atoms with E-state index in [0.717, 1.165) is 25.9 Å². The van der Waals surface area contributed by atoms with Crippen molar-refractivity contribution < 1.29 is 4.39 Å². The molecule has 0 amide bonds. The van der Waals surface area contributed by atoms with Crippen molar-refractivity contribution in [2.45, 2.75) is 18.9 Å². The number of nitrogens with zero attached hydrogens (tertiary/aromatic N) is 3. The van der Waals surface area contributed by atoms with Crippen LogP contribution in [-0.2, 0) is 0 Å². The van der Waals surface area contributed by atoms with Gasteiger partial charge < -0.3 is 15.6 Å². The van der Waals surface area contributed by atoms with Crippen LogP contribution in [0.25, 0.3) is 11.2 Å². The Balaban J connectivity index is 2.11. The number of hydrogen-bond acceptors (Lipinski definition) is 4. The monoisotopic (exact) mass is 235 g/mol. The van der Waals surface area contributed by atoms with Gasteiger partial charge in [-0.25, -0.2) is 14.4 Å². The van der Waals surface area contributed by atoms with Gasteiger partial charge in [0.15, 0.2) is 11.5 Å². The van der Waals surface area contributed by atoms with E-state index in [4.69, 9.17) is 5.73 Å². The van der Waals surface area contributed by atoms with Crippen LogP contribution < -0.4 is 11.1 Å². The smallest absolute Gasteiger partial charge is 0.168 e. The molecule has 1 aliphatic heterocycles. The third kappa shape index (κ3) is 1.74. The van der Waals surface area contributed by atoms with Crippen molar-refractivity contribution in [1.82, 2.24) is 19.9 Å². The average Bonchev–Trinajstić information content (AvgIpc) is 2.67. The van der Waals surface area contributed by atoms with Crippen LogP contribution in [0.5, 0.6) is 0 Å². The molecule has 0 radical (unpaired) electrons. The molecule has 0 spiro atoms. The van der Waals surface area contributed by atoms with Crippen LogP contribution in [0, 0.1) is 5.82 Å². The predicted molar refractivity (Wildman–Crippen MR) is 63.0 cm³/mol. The van der Waals surface area contributed by atoms with Gasteiger partial charge in [0.2, 0.25) is 0 Å². The van der Waals surface area contributed by atoms with Crippen LogP contribution in [-0.4, -0.2) is 27.6 Å². The molecular formula is C11H14FN5. The minimum Gasteiger partial charge on any atom is -0.382 e. The van der Waals surface area contributed by atoms with Crippen LogP contribution in [0.4, 0.5) is 10.2 Å². The Hall–Kier alpha value is -1.69. The molecule has 17 heavy (non-hydrogen) atoms. The molecule has 1 saturated heterocycles. The van der Waals surface area contributed by atoms with Gasteiger partial charge >= 0.3 is 0 Å². The lowest BCUT2D eigenvalue weighted by Crippen LogP contribution is -2.29. The number of aromatic nitrogens is 3. The number of anilines is 1. The largest absolute Gasteiger partial charge is 0.382 e. The number of piperidine rings is 1. The van der Waals surface area contributed by atoms with Crippen LogP contribution in [0.15, 0.2) is 12.4 Å². The molecule has 3 rings (SSSR count). The second-order valence-electron chi connectivity index (χ2n) is 4.33. The van der Waals surface area contributed by atoms with Crippen molar-refractivity contribution in [3.63, 3.8) is 0 Å². The maximum Gasteiger partial charge on any atom is 0.168 e. The Kier molecular flexibility index (Phi) is 2.44. The number of nitrogen functional groups attached to an aromatic ring is 1. The fraction of sp³-hybridized carbons (Fsp3) is 0.455. The summed E-state index contributed by atoms with van der Waals surface area (Å²) in [7, 11) is 0. The van der Waals surface area contributed by atoms with Gasteiger partial charge in [0.1, 0.15) is 11.3 Å². The van der Waals surface area contributed by atoms with Crippen molar-refractivity contribution >= 4 is 17.0 Å². The average molecular weight is 235 g/mol. The quantitative estimate of drug-likeness (QED) is 0.776. The lowest BCUT2D eigenvalue weighted by molar-refractivity contribution is 0.372. The number of nitrogens with two attached hydrogens (primary N) is 1. The topological polar surface area (TPSA) is 68.8 Å². The zero-order valence-corrected chi connectivity index (χ0v) is 9.36. The highest BCUT2D eigenvalue weighted by Crippen LogP contribution is 2.26. The summed E-state index contributed by atoms with van der Waals surface area (Å²) in [6.45, 7) is 1.89. The Labute approximate surface area is 97.8 Å². The third-order valence-corrected chi connectivity index (χ3v) is 3.20. The standard InChI is InChI=1S/C11H14FN5/c12-8-6-17(7-1-3-14-4-2-7)11-10(8)15-5-9(13)16-11/h5-7,14H,1-4H2,(H2,13,16). The Morgan fingerprint density at radius 1 is 1.41 bits per heavy atom. The molecule has 0 aliphatic carbocycles. The van der Waals surface area contributed by atoms with Gasteiger partial charge in [0.25, 0.3) is 0 Å². The van der Waals surface area contributed by atoms with E-state index >= 15 is 0 Å². The van der Waals surface area contributed by atoms with Gasteiger partial charge in [-0.1, -0.05) is 0 Å². The van der Waals surface area contributed by atoms with E-state index in [2.05, 4.69) is 15.3 Å². The number of nitrogens with one attached hydrogen (secondary N) is 1. The second-order valence-corrected chi connectivity index (χ2v) is 4.33. The van der Waals surface area contributed by atoms with Gasteiger partial charge in [-0.2, -0.15) is 0 Å². The lowest BCUT2D eigenvalue weighted by atomic mass is 10.1. The van der Waals surface area contributed by atoms with E-state index in [9.17, 15) is 4.39 Å². The normalized spacial score (nSPS) is 17.7. The summed E-state index contributed by atoms with van der Waals surface area (Å²) in [4.78, 5) is 8.19. The van der Waals surface area contributed by atoms with Gasteiger partial charge in [-0.15, -0.1) is 0 Å². The van der Waals surface area contributed by atoms with Gasteiger partial charge in [-0.05, 0) is 25.9 Å². The molecule has 3 heterocycles. The molecule has 6 heteroatoms. The zero-order valence-electron chi connectivity index (χ0n) is 9.36. The fourth-order valence-corrected chi connectivity index (χ4v) is 2.35. The van der Waals surface area contributed by atoms with E-state index in [-0.39, 0.29) is 11.9 Å². The first-order valence-corrected chi connectivity index (χ1v) is 5.75. The number of rotatable bonds is 1. The SMILES string of the molecule is Nc1cnc2c(F)cn(C3CCNCC3)c2n1. The second kappa shape index (κ2) is 3.96. The van der Waals surface area contributed by atoms with E-state index in [0.29, 0.717) is 17.0 Å². The molecule has 0 unspecified atom stereocenters. The van der Waals surface area contributed by atoms with Gasteiger partial charge in [0, 0.05) is 12.2 Å². The molecule has 2 aromatic heterocycles. The Bertz CT molecular complexity index is 544. The highest BCUT2D eigenvalue weighted by Gasteiger charge is 2.20. The summed E-state index contributed by atoms with van der Waals surface area (Å²) < 4.78 is 15.6. The first-order valence-electron chi connectivity index (χ1n) is 5.75.